The third kappa shape index (κ3) is 10.1. The van der Waals surface area contributed by atoms with E-state index < -0.39 is 0 Å². The molecule has 0 saturated carbocycles. The zero-order valence-corrected chi connectivity index (χ0v) is 14.8. The number of carbonyl (C=O) groups excluding carboxylic acids is 1. The Morgan fingerprint density at radius 2 is 1.38 bits per heavy atom. The fourth-order valence-electron chi connectivity index (χ4n) is 2.65. The molecule has 0 aliphatic heterocycles. The smallest absolute Gasteiger partial charge is 0.338 e. The number of aromatic hydroxyl groups is 1. The summed E-state index contributed by atoms with van der Waals surface area (Å²) in [5, 5.41) is 9.18. The van der Waals surface area contributed by atoms with E-state index in [2.05, 4.69) is 6.58 Å². The van der Waals surface area contributed by atoms with Crippen molar-refractivity contribution in [2.45, 2.75) is 70.6 Å². The molecule has 0 aliphatic rings. The van der Waals surface area contributed by atoms with Gasteiger partial charge in [-0.15, -0.1) is 6.58 Å². The predicted molar refractivity (Wildman–Crippen MR) is 99.4 cm³/mol. The average molecular weight is 332 g/mol. The molecule has 0 bridgehead atoms. The summed E-state index contributed by atoms with van der Waals surface area (Å²) in [7, 11) is 0. The van der Waals surface area contributed by atoms with Crippen LogP contribution in [-0.4, -0.2) is 17.7 Å². The molecule has 1 aromatic rings. The van der Waals surface area contributed by atoms with Gasteiger partial charge in [-0.2, -0.15) is 0 Å². The standard InChI is InChI=1S/C21H32O3/c1-2-3-4-5-6-7-8-9-10-11-12-13-18-24-21(23)19-14-16-20(22)17-15-19/h2,14-17,22H,1,3-13,18H2. The second-order valence-corrected chi connectivity index (χ2v) is 6.30. The maximum absolute atomic E-state index is 11.7. The summed E-state index contributed by atoms with van der Waals surface area (Å²) in [4.78, 5) is 11.7. The summed E-state index contributed by atoms with van der Waals surface area (Å²) >= 11 is 0. The summed E-state index contributed by atoms with van der Waals surface area (Å²) in [6, 6.07) is 6.15. The van der Waals surface area contributed by atoms with Gasteiger partial charge in [0.1, 0.15) is 5.75 Å². The molecule has 0 spiro atoms. The summed E-state index contributed by atoms with van der Waals surface area (Å²) in [6.07, 6.45) is 15.6. The van der Waals surface area contributed by atoms with Crippen LogP contribution in [0.5, 0.6) is 5.75 Å². The van der Waals surface area contributed by atoms with Crippen LogP contribution >= 0.6 is 0 Å². The molecule has 0 radical (unpaired) electrons. The maximum Gasteiger partial charge on any atom is 0.338 e. The number of allylic oxidation sites excluding steroid dienone is 1. The van der Waals surface area contributed by atoms with Crippen molar-refractivity contribution < 1.29 is 14.6 Å². The van der Waals surface area contributed by atoms with E-state index in [-0.39, 0.29) is 11.7 Å². The van der Waals surface area contributed by atoms with E-state index in [1.54, 1.807) is 12.1 Å². The quantitative estimate of drug-likeness (QED) is 0.257. The topological polar surface area (TPSA) is 46.5 Å². The van der Waals surface area contributed by atoms with Crippen LogP contribution in [-0.2, 0) is 4.74 Å². The van der Waals surface area contributed by atoms with E-state index in [4.69, 9.17) is 4.74 Å². The zero-order chi connectivity index (χ0) is 17.5. The fraction of sp³-hybridized carbons (Fsp3) is 0.571. The minimum Gasteiger partial charge on any atom is -0.508 e. The second-order valence-electron chi connectivity index (χ2n) is 6.30. The van der Waals surface area contributed by atoms with Gasteiger partial charge in [-0.25, -0.2) is 4.79 Å². The highest BCUT2D eigenvalue weighted by atomic mass is 16.5. The number of esters is 1. The highest BCUT2D eigenvalue weighted by Crippen LogP contribution is 2.13. The van der Waals surface area contributed by atoms with Crippen molar-refractivity contribution in [3.8, 4) is 5.75 Å². The predicted octanol–water partition coefficient (Wildman–Crippen LogP) is 6.03. The molecule has 1 N–H and O–H groups in total. The van der Waals surface area contributed by atoms with Gasteiger partial charge in [0.15, 0.2) is 0 Å². The van der Waals surface area contributed by atoms with Gasteiger partial charge in [0.25, 0.3) is 0 Å². The lowest BCUT2D eigenvalue weighted by molar-refractivity contribution is 0.0497. The first-order chi connectivity index (χ1) is 11.7. The number of carbonyl (C=O) groups is 1. The Balaban J connectivity index is 1.87. The van der Waals surface area contributed by atoms with E-state index in [0.717, 1.165) is 19.3 Å². The van der Waals surface area contributed by atoms with Crippen LogP contribution in [0, 0.1) is 0 Å². The van der Waals surface area contributed by atoms with Gasteiger partial charge < -0.3 is 9.84 Å². The van der Waals surface area contributed by atoms with Crippen molar-refractivity contribution in [3.63, 3.8) is 0 Å². The number of benzene rings is 1. The highest BCUT2D eigenvalue weighted by Gasteiger charge is 2.06. The lowest BCUT2D eigenvalue weighted by atomic mass is 10.1. The molecule has 0 fully saturated rings. The number of phenolic OH excluding ortho intramolecular Hbond substituents is 1. The van der Waals surface area contributed by atoms with Gasteiger partial charge in [0.05, 0.1) is 12.2 Å². The van der Waals surface area contributed by atoms with E-state index >= 15 is 0 Å². The number of hydrogen-bond acceptors (Lipinski definition) is 3. The molecule has 3 nitrogen and oxygen atoms in total. The maximum atomic E-state index is 11.7. The van der Waals surface area contributed by atoms with Crippen molar-refractivity contribution in [1.82, 2.24) is 0 Å². The summed E-state index contributed by atoms with van der Waals surface area (Å²) in [6.45, 7) is 4.22. The molecule has 0 aliphatic carbocycles. The first kappa shape index (κ1) is 20.3. The van der Waals surface area contributed by atoms with Crippen molar-refractivity contribution >= 4 is 5.97 Å². The van der Waals surface area contributed by atoms with Crippen LogP contribution in [0.2, 0.25) is 0 Å². The van der Waals surface area contributed by atoms with E-state index in [1.165, 1.54) is 63.5 Å². The summed E-state index contributed by atoms with van der Waals surface area (Å²) in [5.74, 6) is -0.158. The minimum atomic E-state index is -0.313. The van der Waals surface area contributed by atoms with Crippen molar-refractivity contribution in [1.29, 1.82) is 0 Å². The largest absolute Gasteiger partial charge is 0.508 e. The molecule has 0 heterocycles. The molecule has 0 saturated heterocycles. The first-order valence-electron chi connectivity index (χ1n) is 9.31. The molecule has 3 heteroatoms. The van der Waals surface area contributed by atoms with Crippen molar-refractivity contribution in [2.75, 3.05) is 6.61 Å². The molecule has 0 atom stereocenters. The second kappa shape index (κ2) is 13.6. The molecule has 134 valence electrons. The van der Waals surface area contributed by atoms with Crippen LogP contribution in [0.25, 0.3) is 0 Å². The minimum absolute atomic E-state index is 0.156. The molecular weight excluding hydrogens is 300 g/mol. The van der Waals surface area contributed by atoms with E-state index in [1.807, 2.05) is 6.08 Å². The van der Waals surface area contributed by atoms with Gasteiger partial charge in [0.2, 0.25) is 0 Å². The van der Waals surface area contributed by atoms with Crippen molar-refractivity contribution in [2.24, 2.45) is 0 Å². The molecule has 24 heavy (non-hydrogen) atoms. The Bertz CT molecular complexity index is 451. The average Bonchev–Trinajstić information content (AvgIpc) is 2.59. The zero-order valence-electron chi connectivity index (χ0n) is 14.8. The number of hydrogen-bond donors (Lipinski definition) is 1. The molecular formula is C21H32O3. The SMILES string of the molecule is C=CCCCCCCCCCCCCOC(=O)c1ccc(O)cc1. The lowest BCUT2D eigenvalue weighted by Crippen LogP contribution is -2.06. The number of unbranched alkanes of at least 4 members (excludes halogenated alkanes) is 10. The van der Waals surface area contributed by atoms with Crippen LogP contribution in [0.15, 0.2) is 36.9 Å². The number of ether oxygens (including phenoxy) is 1. The van der Waals surface area contributed by atoms with E-state index in [9.17, 15) is 9.90 Å². The van der Waals surface area contributed by atoms with Gasteiger partial charge in [-0.05, 0) is 43.5 Å². The fourth-order valence-corrected chi connectivity index (χ4v) is 2.65. The van der Waals surface area contributed by atoms with Crippen LogP contribution < -0.4 is 0 Å². The monoisotopic (exact) mass is 332 g/mol. The Labute approximate surface area is 146 Å². The summed E-state index contributed by atoms with van der Waals surface area (Å²) < 4.78 is 5.23. The third-order valence-electron chi connectivity index (χ3n) is 4.14. The molecule has 1 aromatic carbocycles. The number of phenols is 1. The molecule has 0 unspecified atom stereocenters. The first-order valence-corrected chi connectivity index (χ1v) is 9.31. The lowest BCUT2D eigenvalue weighted by Gasteiger charge is -2.05. The van der Waals surface area contributed by atoms with Crippen LogP contribution in [0.3, 0.4) is 0 Å². The summed E-state index contributed by atoms with van der Waals surface area (Å²) in [5.41, 5.74) is 0.487. The Morgan fingerprint density at radius 1 is 0.875 bits per heavy atom. The van der Waals surface area contributed by atoms with Crippen molar-refractivity contribution in [3.05, 3.63) is 42.5 Å². The molecule has 1 rings (SSSR count). The Kier molecular flexibility index (Phi) is 11.5. The van der Waals surface area contributed by atoms with Gasteiger partial charge in [0, 0.05) is 0 Å². The molecule has 0 aromatic heterocycles. The molecule has 0 amide bonds. The van der Waals surface area contributed by atoms with Gasteiger partial charge in [-0.3, -0.25) is 0 Å². The third-order valence-corrected chi connectivity index (χ3v) is 4.14. The van der Waals surface area contributed by atoms with Gasteiger partial charge >= 0.3 is 5.97 Å². The van der Waals surface area contributed by atoms with E-state index in [0.29, 0.717) is 12.2 Å². The van der Waals surface area contributed by atoms with Crippen LogP contribution in [0.1, 0.15) is 81.0 Å². The Morgan fingerprint density at radius 3 is 1.92 bits per heavy atom. The van der Waals surface area contributed by atoms with Crippen LogP contribution in [0.4, 0.5) is 0 Å². The normalized spacial score (nSPS) is 10.5. The highest BCUT2D eigenvalue weighted by molar-refractivity contribution is 5.89. The Hall–Kier alpha value is -1.77. The van der Waals surface area contributed by atoms with Gasteiger partial charge in [-0.1, -0.05) is 57.4 Å². The number of rotatable bonds is 14.